The molecule has 0 amide bonds. The number of hydrogen-bond acceptors (Lipinski definition) is 15. The second kappa shape index (κ2) is 79.3. The predicted octanol–water partition coefficient (Wildman–Crippen LogP) is 27.0. The molecule has 2 unspecified atom stereocenters. The van der Waals surface area contributed by atoms with Crippen LogP contribution in [0.3, 0.4) is 0 Å². The fraction of sp³-hybridized carbons (Fsp3) is 0.955. The van der Waals surface area contributed by atoms with Crippen LogP contribution >= 0.6 is 15.6 Å². The minimum absolute atomic E-state index is 0.108. The van der Waals surface area contributed by atoms with Crippen molar-refractivity contribution in [2.75, 3.05) is 39.6 Å². The summed E-state index contributed by atoms with van der Waals surface area (Å²) in [5.41, 5.74) is 0. The number of aliphatic hydroxyl groups excluding tert-OH is 1. The molecule has 0 radical (unpaired) electrons. The summed E-state index contributed by atoms with van der Waals surface area (Å²) in [6.45, 7) is 9.72. The fourth-order valence-electron chi connectivity index (χ4n) is 13.8. The molecule has 0 aromatic heterocycles. The van der Waals surface area contributed by atoms with Crippen LogP contribution in [0.5, 0.6) is 0 Å². The number of ether oxygens (including phenoxy) is 4. The number of esters is 4. The first-order valence-corrected chi connectivity index (χ1v) is 48.5. The average Bonchev–Trinajstić information content (AvgIpc) is 0.901. The third-order valence-electron chi connectivity index (χ3n) is 20.7. The summed E-state index contributed by atoms with van der Waals surface area (Å²) in [6, 6.07) is 0. The molecule has 0 aromatic rings. The van der Waals surface area contributed by atoms with Crippen molar-refractivity contribution >= 4 is 39.5 Å². The Bertz CT molecular complexity index is 2050. The monoisotopic (exact) mass is 1560 g/mol. The Morgan fingerprint density at radius 1 is 0.252 bits per heavy atom. The Balaban J connectivity index is 5.25. The van der Waals surface area contributed by atoms with Gasteiger partial charge in [-0.05, 0) is 37.5 Å². The Morgan fingerprint density at radius 3 is 0.636 bits per heavy atom. The van der Waals surface area contributed by atoms with E-state index in [1.54, 1.807) is 0 Å². The van der Waals surface area contributed by atoms with Gasteiger partial charge in [0.05, 0.1) is 26.4 Å². The third kappa shape index (κ3) is 81.9. The van der Waals surface area contributed by atoms with Gasteiger partial charge in [-0.1, -0.05) is 420 Å². The number of hydrogen-bond donors (Lipinski definition) is 3. The van der Waals surface area contributed by atoms with Crippen molar-refractivity contribution in [3.05, 3.63) is 0 Å². The summed E-state index contributed by atoms with van der Waals surface area (Å²) in [6.07, 6.45) is 72.2. The fourth-order valence-corrected chi connectivity index (χ4v) is 15.4. The molecule has 636 valence electrons. The van der Waals surface area contributed by atoms with Gasteiger partial charge in [-0.3, -0.25) is 37.3 Å². The summed E-state index contributed by atoms with van der Waals surface area (Å²) < 4.78 is 69.0. The van der Waals surface area contributed by atoms with E-state index in [9.17, 15) is 43.2 Å². The van der Waals surface area contributed by atoms with Gasteiger partial charge in [0.2, 0.25) is 0 Å². The second-order valence-corrected chi connectivity index (χ2v) is 35.5. The largest absolute Gasteiger partial charge is 0.472 e. The molecule has 0 aliphatic carbocycles. The molecule has 5 atom stereocenters. The van der Waals surface area contributed by atoms with E-state index in [2.05, 4.69) is 41.5 Å². The van der Waals surface area contributed by atoms with Gasteiger partial charge in [0, 0.05) is 25.7 Å². The molecule has 0 rings (SSSR count). The molecule has 0 aliphatic rings. The highest BCUT2D eigenvalue weighted by Crippen LogP contribution is 2.45. The number of unbranched alkanes of at least 4 members (excludes halogenated alkanes) is 57. The molecular formula is C88H172O17P2. The lowest BCUT2D eigenvalue weighted by Gasteiger charge is -2.21. The molecule has 19 heteroatoms. The minimum Gasteiger partial charge on any atom is -0.462 e. The molecular weight excluding hydrogens is 1390 g/mol. The van der Waals surface area contributed by atoms with Crippen LogP contribution in [0.1, 0.15) is 472 Å². The molecule has 0 spiro atoms. The van der Waals surface area contributed by atoms with Crippen LogP contribution < -0.4 is 0 Å². The quantitative estimate of drug-likeness (QED) is 0.0222. The predicted molar refractivity (Wildman–Crippen MR) is 442 cm³/mol. The van der Waals surface area contributed by atoms with E-state index in [0.717, 1.165) is 102 Å². The van der Waals surface area contributed by atoms with Crippen LogP contribution in [0.4, 0.5) is 0 Å². The molecule has 107 heavy (non-hydrogen) atoms. The topological polar surface area (TPSA) is 237 Å². The van der Waals surface area contributed by atoms with E-state index in [1.807, 2.05) is 0 Å². The van der Waals surface area contributed by atoms with E-state index < -0.39 is 97.5 Å². The first-order valence-electron chi connectivity index (χ1n) is 45.5. The van der Waals surface area contributed by atoms with Gasteiger partial charge in [0.25, 0.3) is 0 Å². The molecule has 0 heterocycles. The second-order valence-electron chi connectivity index (χ2n) is 32.6. The molecule has 0 fully saturated rings. The lowest BCUT2D eigenvalue weighted by molar-refractivity contribution is -0.161. The molecule has 0 saturated heterocycles. The average molecular weight is 1560 g/mol. The van der Waals surface area contributed by atoms with Crippen molar-refractivity contribution in [3.8, 4) is 0 Å². The van der Waals surface area contributed by atoms with E-state index in [4.69, 9.17) is 37.0 Å². The normalized spacial score (nSPS) is 13.8. The number of carbonyl (C=O) groups excluding carboxylic acids is 4. The van der Waals surface area contributed by atoms with Crippen molar-refractivity contribution in [1.29, 1.82) is 0 Å². The maximum Gasteiger partial charge on any atom is 0.472 e. The highest BCUT2D eigenvalue weighted by Gasteiger charge is 2.30. The summed E-state index contributed by atoms with van der Waals surface area (Å²) in [5.74, 6) is -0.521. The SMILES string of the molecule is CCCCCCCCCCCCCCCCCCCCCCCCC(=O)O[C@H](COC(=O)CCCCCCCCCCCCCCCC(C)C)COP(=O)(O)OC[C@@H](O)COP(=O)(O)OC[C@@H](COC(=O)CCCCCCCCCCCCCCC)OC(=O)CCCCCCCCCCCCCCCC(C)C. The van der Waals surface area contributed by atoms with Crippen molar-refractivity contribution in [2.24, 2.45) is 11.8 Å². The van der Waals surface area contributed by atoms with Crippen LogP contribution in [0.2, 0.25) is 0 Å². The third-order valence-corrected chi connectivity index (χ3v) is 22.6. The zero-order valence-corrected chi connectivity index (χ0v) is 72.2. The van der Waals surface area contributed by atoms with E-state index >= 15 is 0 Å². The van der Waals surface area contributed by atoms with Crippen molar-refractivity contribution in [1.82, 2.24) is 0 Å². The minimum atomic E-state index is -4.97. The number of phosphoric ester groups is 2. The highest BCUT2D eigenvalue weighted by molar-refractivity contribution is 7.47. The number of aliphatic hydroxyl groups is 1. The first-order chi connectivity index (χ1) is 51.9. The first kappa shape index (κ1) is 105. The van der Waals surface area contributed by atoms with Gasteiger partial charge in [0.15, 0.2) is 12.2 Å². The van der Waals surface area contributed by atoms with Gasteiger partial charge in [0.1, 0.15) is 19.3 Å². The Kier molecular flexibility index (Phi) is 77.9. The highest BCUT2D eigenvalue weighted by atomic mass is 31.2. The lowest BCUT2D eigenvalue weighted by Crippen LogP contribution is -2.30. The standard InChI is InChI=1S/C88H172O17P2/c1-7-9-11-13-15-17-19-21-22-23-24-25-26-27-28-29-35-42-48-54-60-66-72-87(92)104-84(77-99-86(91)71-65-59-53-47-41-36-30-33-38-44-50-56-62-68-80(3)4)79-103-107(96,97)101-75-82(89)74-100-106(94,95)102-78-83(76-98-85(90)70-64-58-52-46-40-32-20-18-16-14-12-10-8-2)105-88(93)73-67-61-55-49-43-37-31-34-39-45-51-57-63-69-81(5)6/h80-84,89H,7-79H2,1-6H3,(H,94,95)(H,96,97)/t82-,83+,84+/m0/s1. The zero-order valence-electron chi connectivity index (χ0n) is 70.5. The van der Waals surface area contributed by atoms with Crippen molar-refractivity contribution in [2.45, 2.75) is 490 Å². The molecule has 0 bridgehead atoms. The van der Waals surface area contributed by atoms with Crippen LogP contribution in [-0.4, -0.2) is 96.7 Å². The van der Waals surface area contributed by atoms with Gasteiger partial charge < -0.3 is 33.8 Å². The van der Waals surface area contributed by atoms with Crippen LogP contribution in [-0.2, 0) is 65.4 Å². The summed E-state index contributed by atoms with van der Waals surface area (Å²) >= 11 is 0. The Morgan fingerprint density at radius 2 is 0.430 bits per heavy atom. The van der Waals surface area contributed by atoms with Crippen molar-refractivity contribution < 1.29 is 80.2 Å². The summed E-state index contributed by atoms with van der Waals surface area (Å²) in [5, 5.41) is 10.7. The number of rotatable bonds is 87. The lowest BCUT2D eigenvalue weighted by atomic mass is 10.0. The van der Waals surface area contributed by atoms with Crippen molar-refractivity contribution in [3.63, 3.8) is 0 Å². The number of phosphoric acid groups is 2. The van der Waals surface area contributed by atoms with E-state index in [1.165, 1.54) is 289 Å². The maximum atomic E-state index is 13.2. The molecule has 3 N–H and O–H groups in total. The van der Waals surface area contributed by atoms with Crippen LogP contribution in [0.25, 0.3) is 0 Å². The summed E-state index contributed by atoms with van der Waals surface area (Å²) in [7, 11) is -9.93. The number of carbonyl (C=O) groups is 4. The van der Waals surface area contributed by atoms with Gasteiger partial charge in [-0.25, -0.2) is 9.13 Å². The van der Waals surface area contributed by atoms with Gasteiger partial charge in [-0.15, -0.1) is 0 Å². The van der Waals surface area contributed by atoms with Crippen LogP contribution in [0.15, 0.2) is 0 Å². The van der Waals surface area contributed by atoms with Crippen LogP contribution in [0, 0.1) is 11.8 Å². The van der Waals surface area contributed by atoms with E-state index in [0.29, 0.717) is 25.7 Å². The van der Waals surface area contributed by atoms with Gasteiger partial charge >= 0.3 is 39.5 Å². The maximum absolute atomic E-state index is 13.2. The zero-order chi connectivity index (χ0) is 78.5. The Hall–Kier alpha value is -1.94. The van der Waals surface area contributed by atoms with E-state index in [-0.39, 0.29) is 25.7 Å². The molecule has 0 aliphatic heterocycles. The molecule has 0 saturated carbocycles. The summed E-state index contributed by atoms with van der Waals surface area (Å²) in [4.78, 5) is 73.3. The smallest absolute Gasteiger partial charge is 0.462 e. The molecule has 17 nitrogen and oxygen atoms in total. The Labute approximate surface area is 658 Å². The molecule has 0 aromatic carbocycles. The van der Waals surface area contributed by atoms with Gasteiger partial charge in [-0.2, -0.15) is 0 Å².